The second-order valence-electron chi connectivity index (χ2n) is 4.93. The number of hydrogen-bond donors (Lipinski definition) is 1. The van der Waals surface area contributed by atoms with Crippen molar-refractivity contribution in [2.24, 2.45) is 5.92 Å². The molecular formula is C13H23N3O. The van der Waals surface area contributed by atoms with Gasteiger partial charge in [0.05, 0.1) is 0 Å². The van der Waals surface area contributed by atoms with Crippen LogP contribution in [0, 0.1) is 5.92 Å². The van der Waals surface area contributed by atoms with Gasteiger partial charge in [-0.3, -0.25) is 9.13 Å². The van der Waals surface area contributed by atoms with E-state index in [9.17, 15) is 4.79 Å². The molecule has 2 rings (SSSR count). The number of aromatic nitrogens is 2. The van der Waals surface area contributed by atoms with Gasteiger partial charge in [0.2, 0.25) is 0 Å². The molecule has 1 unspecified atom stereocenters. The first kappa shape index (κ1) is 12.4. The van der Waals surface area contributed by atoms with Gasteiger partial charge < -0.3 is 5.32 Å². The molecule has 0 aliphatic heterocycles. The summed E-state index contributed by atoms with van der Waals surface area (Å²) < 4.78 is 3.65. The zero-order valence-corrected chi connectivity index (χ0v) is 10.9. The quantitative estimate of drug-likeness (QED) is 0.779. The summed E-state index contributed by atoms with van der Waals surface area (Å²) in [5, 5.41) is 3.49. The number of likely N-dealkylation sites (N-methyl/N-ethyl adjacent to an activating group) is 1. The standard InChI is InChI=1S/C13H23N3O/c1-3-7-15-8-9-16(13(15)17)10-12(14-4-2)11-5-6-11/h8-9,11-12,14H,3-7,10H2,1-2H3. The third-order valence-corrected chi connectivity index (χ3v) is 3.43. The summed E-state index contributed by atoms with van der Waals surface area (Å²) in [7, 11) is 0. The van der Waals surface area contributed by atoms with E-state index in [0.29, 0.717) is 6.04 Å². The van der Waals surface area contributed by atoms with Crippen LogP contribution in [-0.2, 0) is 13.1 Å². The minimum Gasteiger partial charge on any atom is -0.312 e. The SMILES string of the molecule is CCCn1ccn(CC(NCC)C2CC2)c1=O. The molecule has 17 heavy (non-hydrogen) atoms. The Kier molecular flexibility index (Phi) is 4.05. The molecule has 96 valence electrons. The fraction of sp³-hybridized carbons (Fsp3) is 0.769. The molecule has 4 nitrogen and oxygen atoms in total. The van der Waals surface area contributed by atoms with Crippen molar-refractivity contribution in [3.05, 3.63) is 22.9 Å². The van der Waals surface area contributed by atoms with Crippen LogP contribution in [0.25, 0.3) is 0 Å². The molecule has 1 aromatic heterocycles. The predicted molar refractivity (Wildman–Crippen MR) is 69.2 cm³/mol. The number of aryl methyl sites for hydroxylation is 1. The molecule has 0 amide bonds. The van der Waals surface area contributed by atoms with Gasteiger partial charge in [0.15, 0.2) is 0 Å². The van der Waals surface area contributed by atoms with E-state index >= 15 is 0 Å². The summed E-state index contributed by atoms with van der Waals surface area (Å²) in [6.07, 6.45) is 7.44. The average molecular weight is 237 g/mol. The van der Waals surface area contributed by atoms with E-state index < -0.39 is 0 Å². The Labute approximate surface area is 103 Å². The normalized spacial score (nSPS) is 17.3. The van der Waals surface area contributed by atoms with Gasteiger partial charge >= 0.3 is 5.69 Å². The van der Waals surface area contributed by atoms with E-state index in [-0.39, 0.29) is 5.69 Å². The highest BCUT2D eigenvalue weighted by atomic mass is 16.1. The maximum Gasteiger partial charge on any atom is 0.328 e. The Morgan fingerprint density at radius 3 is 2.65 bits per heavy atom. The number of nitrogens with one attached hydrogen (secondary N) is 1. The van der Waals surface area contributed by atoms with Gasteiger partial charge in [-0.25, -0.2) is 4.79 Å². The zero-order chi connectivity index (χ0) is 12.3. The van der Waals surface area contributed by atoms with Gasteiger partial charge in [-0.05, 0) is 31.7 Å². The van der Waals surface area contributed by atoms with Crippen LogP contribution >= 0.6 is 0 Å². The highest BCUT2D eigenvalue weighted by molar-refractivity contribution is 4.89. The smallest absolute Gasteiger partial charge is 0.312 e. The van der Waals surface area contributed by atoms with Gasteiger partial charge in [0.25, 0.3) is 0 Å². The lowest BCUT2D eigenvalue weighted by atomic mass is 10.2. The largest absolute Gasteiger partial charge is 0.328 e. The second kappa shape index (κ2) is 5.54. The summed E-state index contributed by atoms with van der Waals surface area (Å²) >= 11 is 0. The van der Waals surface area contributed by atoms with Crippen LogP contribution in [0.5, 0.6) is 0 Å². The molecule has 4 heteroatoms. The van der Waals surface area contributed by atoms with Crippen LogP contribution < -0.4 is 11.0 Å². The zero-order valence-electron chi connectivity index (χ0n) is 10.9. The van der Waals surface area contributed by atoms with Crippen molar-refractivity contribution in [2.75, 3.05) is 6.54 Å². The molecule has 0 saturated heterocycles. The van der Waals surface area contributed by atoms with Gasteiger partial charge in [-0.1, -0.05) is 13.8 Å². The molecule has 0 radical (unpaired) electrons. The molecule has 0 spiro atoms. The Balaban J connectivity index is 2.03. The summed E-state index contributed by atoms with van der Waals surface area (Å²) in [6, 6.07) is 0.468. The van der Waals surface area contributed by atoms with Gasteiger partial charge in [0.1, 0.15) is 0 Å². The molecular weight excluding hydrogens is 214 g/mol. The molecule has 0 aromatic carbocycles. The first-order valence-electron chi connectivity index (χ1n) is 6.75. The lowest BCUT2D eigenvalue weighted by Crippen LogP contribution is -2.38. The Morgan fingerprint density at radius 1 is 1.35 bits per heavy atom. The van der Waals surface area contributed by atoms with Crippen LogP contribution in [0.2, 0.25) is 0 Å². The van der Waals surface area contributed by atoms with Gasteiger partial charge in [-0.15, -0.1) is 0 Å². The molecule has 1 atom stereocenters. The fourth-order valence-corrected chi connectivity index (χ4v) is 2.36. The van der Waals surface area contributed by atoms with Crippen molar-refractivity contribution in [1.82, 2.24) is 14.5 Å². The third-order valence-electron chi connectivity index (χ3n) is 3.43. The first-order valence-corrected chi connectivity index (χ1v) is 6.75. The maximum absolute atomic E-state index is 12.0. The van der Waals surface area contributed by atoms with Gasteiger partial charge in [-0.2, -0.15) is 0 Å². The first-order chi connectivity index (χ1) is 8.26. The molecule has 1 heterocycles. The summed E-state index contributed by atoms with van der Waals surface area (Å²) in [5.74, 6) is 0.774. The van der Waals surface area contributed by atoms with E-state index in [1.807, 2.05) is 17.0 Å². The van der Waals surface area contributed by atoms with Crippen LogP contribution in [0.3, 0.4) is 0 Å². The maximum atomic E-state index is 12.0. The van der Waals surface area contributed by atoms with Crippen molar-refractivity contribution in [3.8, 4) is 0 Å². The highest BCUT2D eigenvalue weighted by Crippen LogP contribution is 2.33. The fourth-order valence-electron chi connectivity index (χ4n) is 2.36. The number of nitrogens with zero attached hydrogens (tertiary/aromatic N) is 2. The van der Waals surface area contributed by atoms with Crippen LogP contribution in [-0.4, -0.2) is 21.7 Å². The number of imidazole rings is 1. The van der Waals surface area contributed by atoms with Crippen LogP contribution in [0.15, 0.2) is 17.2 Å². The Bertz CT molecular complexity index is 403. The van der Waals surface area contributed by atoms with Gasteiger partial charge in [0, 0.05) is 31.5 Å². The second-order valence-corrected chi connectivity index (χ2v) is 4.93. The van der Waals surface area contributed by atoms with E-state index in [0.717, 1.165) is 32.0 Å². The van der Waals surface area contributed by atoms with E-state index in [1.165, 1.54) is 12.8 Å². The highest BCUT2D eigenvalue weighted by Gasteiger charge is 2.30. The molecule has 1 aliphatic carbocycles. The van der Waals surface area contributed by atoms with E-state index in [4.69, 9.17) is 0 Å². The van der Waals surface area contributed by atoms with Crippen LogP contribution in [0.4, 0.5) is 0 Å². The number of hydrogen-bond acceptors (Lipinski definition) is 2. The Morgan fingerprint density at radius 2 is 2.06 bits per heavy atom. The van der Waals surface area contributed by atoms with Crippen molar-refractivity contribution < 1.29 is 0 Å². The Hall–Kier alpha value is -1.03. The molecule has 1 aliphatic rings. The predicted octanol–water partition coefficient (Wildman–Crippen LogP) is 1.45. The minimum absolute atomic E-state index is 0.135. The third kappa shape index (κ3) is 3.00. The van der Waals surface area contributed by atoms with Crippen molar-refractivity contribution in [1.29, 1.82) is 0 Å². The molecule has 1 N–H and O–H groups in total. The van der Waals surface area contributed by atoms with E-state index in [2.05, 4.69) is 19.2 Å². The van der Waals surface area contributed by atoms with Crippen molar-refractivity contribution in [2.45, 2.75) is 52.2 Å². The van der Waals surface area contributed by atoms with Crippen molar-refractivity contribution >= 4 is 0 Å². The topological polar surface area (TPSA) is 39.0 Å². The summed E-state index contributed by atoms with van der Waals surface area (Å²) in [5.41, 5.74) is 0.135. The summed E-state index contributed by atoms with van der Waals surface area (Å²) in [4.78, 5) is 12.0. The summed E-state index contributed by atoms with van der Waals surface area (Å²) in [6.45, 7) is 6.83. The number of rotatable bonds is 7. The molecule has 1 aromatic rings. The molecule has 1 saturated carbocycles. The minimum atomic E-state index is 0.135. The monoisotopic (exact) mass is 237 g/mol. The lowest BCUT2D eigenvalue weighted by molar-refractivity contribution is 0.407. The lowest BCUT2D eigenvalue weighted by Gasteiger charge is -2.17. The molecule has 0 bridgehead atoms. The average Bonchev–Trinajstić information content (AvgIpc) is 3.10. The van der Waals surface area contributed by atoms with Crippen LogP contribution in [0.1, 0.15) is 33.1 Å². The van der Waals surface area contributed by atoms with Crippen molar-refractivity contribution in [3.63, 3.8) is 0 Å². The molecule has 1 fully saturated rings. The van der Waals surface area contributed by atoms with E-state index in [1.54, 1.807) is 4.57 Å².